The Hall–Kier alpha value is -3.10. The van der Waals surface area contributed by atoms with E-state index in [4.69, 9.17) is 5.21 Å². The van der Waals surface area contributed by atoms with Crippen molar-refractivity contribution in [1.29, 1.82) is 0 Å². The molecule has 4 rings (SSSR count). The number of benzene rings is 2. The van der Waals surface area contributed by atoms with Gasteiger partial charge >= 0.3 is 0 Å². The van der Waals surface area contributed by atoms with Crippen LogP contribution in [0.15, 0.2) is 55.0 Å². The van der Waals surface area contributed by atoms with E-state index in [-0.39, 0.29) is 12.0 Å². The van der Waals surface area contributed by atoms with Crippen molar-refractivity contribution in [3.8, 4) is 0 Å². The van der Waals surface area contributed by atoms with Crippen LogP contribution in [0, 0.1) is 11.6 Å². The Bertz CT molecular complexity index is 1050. The fourth-order valence-electron chi connectivity index (χ4n) is 3.74. The van der Waals surface area contributed by atoms with Gasteiger partial charge in [0.25, 0.3) is 5.91 Å². The third-order valence-corrected chi connectivity index (χ3v) is 5.59. The Balaban J connectivity index is 1.19. The van der Waals surface area contributed by atoms with Crippen molar-refractivity contribution >= 4 is 5.91 Å². The first-order chi connectivity index (χ1) is 15.0. The van der Waals surface area contributed by atoms with Gasteiger partial charge in [-0.15, -0.1) is 0 Å². The Labute approximate surface area is 178 Å². The molecule has 162 valence electrons. The van der Waals surface area contributed by atoms with Crippen molar-refractivity contribution in [3.63, 3.8) is 0 Å². The third-order valence-electron chi connectivity index (χ3n) is 5.59. The highest BCUT2D eigenvalue weighted by Crippen LogP contribution is 2.41. The molecule has 1 heterocycles. The van der Waals surface area contributed by atoms with Crippen LogP contribution >= 0.6 is 0 Å². The van der Waals surface area contributed by atoms with Gasteiger partial charge in [0.1, 0.15) is 0 Å². The van der Waals surface area contributed by atoms with Crippen LogP contribution in [0.3, 0.4) is 0 Å². The maximum absolute atomic E-state index is 13.4. The highest BCUT2D eigenvalue weighted by atomic mass is 19.2. The fourth-order valence-corrected chi connectivity index (χ4v) is 3.74. The molecule has 0 spiro atoms. The number of nitrogens with one attached hydrogen (secondary N) is 2. The topological polar surface area (TPSA) is 79.2 Å². The number of hydroxylamine groups is 1. The summed E-state index contributed by atoms with van der Waals surface area (Å²) in [6, 6.07) is 11.5. The zero-order chi connectivity index (χ0) is 21.8. The standard InChI is InChI=1S/C23H24F2N4O2/c24-20-8-7-17(10-21(20)25)19-11-22(19)26-12-18-13-29(14-27-18)9-1-2-15-3-5-16(6-4-15)23(30)28-31/h3-8,10,13-14,19,22,26,31H,1-2,9,11-12H2,(H,28,30). The zero-order valence-electron chi connectivity index (χ0n) is 16.9. The fraction of sp³-hybridized carbons (Fsp3) is 0.304. The predicted molar refractivity (Wildman–Crippen MR) is 111 cm³/mol. The highest BCUT2D eigenvalue weighted by molar-refractivity contribution is 5.93. The monoisotopic (exact) mass is 426 g/mol. The summed E-state index contributed by atoms with van der Waals surface area (Å²) >= 11 is 0. The largest absolute Gasteiger partial charge is 0.337 e. The van der Waals surface area contributed by atoms with Crippen LogP contribution < -0.4 is 10.8 Å². The average Bonchev–Trinajstić information content (AvgIpc) is 3.43. The summed E-state index contributed by atoms with van der Waals surface area (Å²) in [4.78, 5) is 15.8. The van der Waals surface area contributed by atoms with E-state index in [0.29, 0.717) is 12.1 Å². The van der Waals surface area contributed by atoms with Gasteiger partial charge in [-0.25, -0.2) is 19.2 Å². The molecular weight excluding hydrogens is 402 g/mol. The maximum atomic E-state index is 13.4. The maximum Gasteiger partial charge on any atom is 0.274 e. The second-order valence-electron chi connectivity index (χ2n) is 7.85. The van der Waals surface area contributed by atoms with E-state index >= 15 is 0 Å². The molecule has 1 amide bonds. The molecular formula is C23H24F2N4O2. The number of halogens is 2. The minimum absolute atomic E-state index is 0.215. The Morgan fingerprint density at radius 1 is 1.16 bits per heavy atom. The number of nitrogens with zero attached hydrogens (tertiary/aromatic N) is 2. The second kappa shape index (κ2) is 9.36. The molecule has 0 bridgehead atoms. The van der Waals surface area contributed by atoms with E-state index < -0.39 is 17.5 Å². The van der Waals surface area contributed by atoms with E-state index in [1.54, 1.807) is 23.7 Å². The van der Waals surface area contributed by atoms with E-state index in [1.165, 1.54) is 12.1 Å². The van der Waals surface area contributed by atoms with Gasteiger partial charge in [0.2, 0.25) is 0 Å². The molecule has 3 aromatic rings. The molecule has 2 atom stereocenters. The summed E-state index contributed by atoms with van der Waals surface area (Å²) in [5.74, 6) is -1.92. The number of carbonyl (C=O) groups excluding carboxylic acids is 1. The number of hydrogen-bond acceptors (Lipinski definition) is 4. The van der Waals surface area contributed by atoms with E-state index in [1.807, 2.05) is 29.2 Å². The van der Waals surface area contributed by atoms with Crippen molar-refractivity contribution in [2.75, 3.05) is 0 Å². The van der Waals surface area contributed by atoms with Gasteiger partial charge in [-0.2, -0.15) is 0 Å². The van der Waals surface area contributed by atoms with Gasteiger partial charge < -0.3 is 9.88 Å². The van der Waals surface area contributed by atoms with Crippen LogP contribution in [0.5, 0.6) is 0 Å². The van der Waals surface area contributed by atoms with Crippen molar-refractivity contribution in [2.24, 2.45) is 0 Å². The Morgan fingerprint density at radius 2 is 1.97 bits per heavy atom. The average molecular weight is 426 g/mol. The lowest BCUT2D eigenvalue weighted by Crippen LogP contribution is -2.18. The van der Waals surface area contributed by atoms with Crippen molar-refractivity contribution < 1.29 is 18.8 Å². The van der Waals surface area contributed by atoms with Crippen LogP contribution in [0.4, 0.5) is 8.78 Å². The summed E-state index contributed by atoms with van der Waals surface area (Å²) < 4.78 is 28.5. The lowest BCUT2D eigenvalue weighted by Gasteiger charge is -2.05. The van der Waals surface area contributed by atoms with E-state index in [0.717, 1.165) is 42.6 Å². The molecule has 2 aromatic carbocycles. The number of imidazole rings is 1. The Morgan fingerprint density at radius 3 is 2.71 bits per heavy atom. The van der Waals surface area contributed by atoms with Crippen molar-refractivity contribution in [1.82, 2.24) is 20.3 Å². The van der Waals surface area contributed by atoms with Gasteiger partial charge in [-0.1, -0.05) is 18.2 Å². The molecule has 1 aromatic heterocycles. The SMILES string of the molecule is O=C(NO)c1ccc(CCCn2cnc(CNC3CC3c3ccc(F)c(F)c3)c2)cc1. The first-order valence-electron chi connectivity index (χ1n) is 10.3. The lowest BCUT2D eigenvalue weighted by molar-refractivity contribution is 0.0706. The smallest absolute Gasteiger partial charge is 0.274 e. The molecule has 1 saturated carbocycles. The molecule has 1 aliphatic carbocycles. The lowest BCUT2D eigenvalue weighted by atomic mass is 10.1. The first-order valence-corrected chi connectivity index (χ1v) is 10.3. The molecule has 2 unspecified atom stereocenters. The van der Waals surface area contributed by atoms with Crippen LogP contribution in [0.1, 0.15) is 45.9 Å². The van der Waals surface area contributed by atoms with Gasteiger partial charge in [0.05, 0.1) is 12.0 Å². The summed E-state index contributed by atoms with van der Waals surface area (Å²) in [6.07, 6.45) is 6.52. The van der Waals surface area contributed by atoms with Crippen LogP contribution in [0.25, 0.3) is 0 Å². The normalized spacial score (nSPS) is 17.5. The van der Waals surface area contributed by atoms with E-state index in [9.17, 15) is 13.6 Å². The summed E-state index contributed by atoms with van der Waals surface area (Å²) in [7, 11) is 0. The molecule has 8 heteroatoms. The van der Waals surface area contributed by atoms with Gasteiger partial charge in [-0.3, -0.25) is 10.0 Å². The molecule has 1 fully saturated rings. The van der Waals surface area contributed by atoms with Gasteiger partial charge in [-0.05, 0) is 54.7 Å². The molecule has 31 heavy (non-hydrogen) atoms. The van der Waals surface area contributed by atoms with Gasteiger partial charge in [0.15, 0.2) is 11.6 Å². The van der Waals surface area contributed by atoms with Crippen molar-refractivity contribution in [3.05, 3.63) is 89.0 Å². The molecule has 0 aliphatic heterocycles. The van der Waals surface area contributed by atoms with Crippen molar-refractivity contribution in [2.45, 2.75) is 44.3 Å². The summed E-state index contributed by atoms with van der Waals surface area (Å²) in [5.41, 5.74) is 4.92. The number of amides is 1. The quantitative estimate of drug-likeness (QED) is 0.361. The highest BCUT2D eigenvalue weighted by Gasteiger charge is 2.38. The number of aromatic nitrogens is 2. The summed E-state index contributed by atoms with van der Waals surface area (Å²) in [6.45, 7) is 1.46. The first kappa shape index (κ1) is 21.1. The number of hydrogen-bond donors (Lipinski definition) is 3. The summed E-state index contributed by atoms with van der Waals surface area (Å²) in [5, 5.41) is 12.1. The molecule has 0 saturated heterocycles. The molecule has 0 radical (unpaired) electrons. The minimum atomic E-state index is -0.814. The van der Waals surface area contributed by atoms with E-state index in [2.05, 4.69) is 10.3 Å². The van der Waals surface area contributed by atoms with Crippen LogP contribution in [0.2, 0.25) is 0 Å². The minimum Gasteiger partial charge on any atom is -0.337 e. The number of carbonyl (C=O) groups is 1. The van der Waals surface area contributed by atoms with Crippen LogP contribution in [-0.2, 0) is 19.5 Å². The zero-order valence-corrected chi connectivity index (χ0v) is 16.9. The third kappa shape index (κ3) is 5.34. The number of aryl methyl sites for hydroxylation is 2. The van der Waals surface area contributed by atoms with Gasteiger partial charge in [0, 0.05) is 36.8 Å². The Kier molecular flexibility index (Phi) is 6.39. The predicted octanol–water partition coefficient (Wildman–Crippen LogP) is 3.56. The molecule has 3 N–H and O–H groups in total. The molecule has 6 nitrogen and oxygen atoms in total. The second-order valence-corrected chi connectivity index (χ2v) is 7.85. The number of rotatable bonds is 9. The molecule has 1 aliphatic rings. The van der Waals surface area contributed by atoms with Crippen LogP contribution in [-0.4, -0.2) is 26.7 Å².